The quantitative estimate of drug-likeness (QED) is 0.746. The highest BCUT2D eigenvalue weighted by atomic mass is 35.5. The lowest BCUT2D eigenvalue weighted by Gasteiger charge is -2.42. The maximum Gasteiger partial charge on any atom is 0.254 e. The van der Waals surface area contributed by atoms with E-state index in [9.17, 15) is 9.59 Å². The van der Waals surface area contributed by atoms with Gasteiger partial charge in [-0.3, -0.25) is 9.59 Å². The molecule has 3 N–H and O–H groups in total. The van der Waals surface area contributed by atoms with Gasteiger partial charge >= 0.3 is 0 Å². The van der Waals surface area contributed by atoms with Gasteiger partial charge in [-0.2, -0.15) is 0 Å². The molecule has 2 heterocycles. The molecule has 1 saturated carbocycles. The fourth-order valence-corrected chi connectivity index (χ4v) is 5.17. The molecule has 0 unspecified atom stereocenters. The Hall–Kier alpha value is -1.40. The van der Waals surface area contributed by atoms with Gasteiger partial charge in [0.25, 0.3) is 5.56 Å². The van der Waals surface area contributed by atoms with Crippen molar-refractivity contribution in [2.24, 2.45) is 5.73 Å². The lowest BCUT2D eigenvalue weighted by atomic mass is 9.75. The average Bonchev–Trinajstić information content (AvgIpc) is 3.21. The third kappa shape index (κ3) is 3.39. The minimum absolute atomic E-state index is 0. The number of aromatic nitrogens is 2. The van der Waals surface area contributed by atoms with Crippen LogP contribution in [-0.4, -0.2) is 39.4 Å². The van der Waals surface area contributed by atoms with Crippen LogP contribution in [0.15, 0.2) is 4.79 Å². The summed E-state index contributed by atoms with van der Waals surface area (Å²) in [6.45, 7) is 7.65. The Labute approximate surface area is 173 Å². The number of amides is 1. The van der Waals surface area contributed by atoms with Crippen LogP contribution in [0.1, 0.15) is 82.8 Å². The van der Waals surface area contributed by atoms with Gasteiger partial charge in [-0.15, -0.1) is 12.4 Å². The van der Waals surface area contributed by atoms with E-state index in [1.54, 1.807) is 0 Å². The minimum atomic E-state index is -0.646. The lowest BCUT2D eigenvalue weighted by molar-refractivity contribution is -0.138. The summed E-state index contributed by atoms with van der Waals surface area (Å²) in [6.07, 6.45) is 7.22. The standard InChI is InChI=1S/C21H32N4O2.ClH/c1-19(2,3)17-23-15-14(16(26)24-17)6-9-20(15)10-12-25(13-11-20)18(27)21(22)7-4-5-8-21;/h4-13,22H2,1-3H3,(H,23,24,26);1H. The number of piperidine rings is 1. The van der Waals surface area contributed by atoms with Gasteiger partial charge in [-0.1, -0.05) is 33.6 Å². The van der Waals surface area contributed by atoms with Crippen LogP contribution in [0, 0.1) is 0 Å². The zero-order valence-corrected chi connectivity index (χ0v) is 18.1. The first-order valence-electron chi connectivity index (χ1n) is 10.4. The van der Waals surface area contributed by atoms with Gasteiger partial charge in [-0.05, 0) is 38.5 Å². The summed E-state index contributed by atoms with van der Waals surface area (Å²) >= 11 is 0. The molecule has 28 heavy (non-hydrogen) atoms. The van der Waals surface area contributed by atoms with Gasteiger partial charge in [0, 0.05) is 29.5 Å². The van der Waals surface area contributed by atoms with Gasteiger partial charge in [0.05, 0.1) is 11.2 Å². The highest BCUT2D eigenvalue weighted by Crippen LogP contribution is 2.45. The Bertz CT molecular complexity index is 813. The number of aromatic amines is 1. The van der Waals surface area contributed by atoms with Crippen molar-refractivity contribution >= 4 is 18.3 Å². The summed E-state index contributed by atoms with van der Waals surface area (Å²) in [5.41, 5.74) is 7.37. The van der Waals surface area contributed by atoms with Crippen molar-refractivity contribution in [1.29, 1.82) is 0 Å². The monoisotopic (exact) mass is 408 g/mol. The molecular formula is C21H33ClN4O2. The number of hydrogen-bond donors (Lipinski definition) is 2. The molecule has 1 aromatic heterocycles. The predicted octanol–water partition coefficient (Wildman–Crippen LogP) is 2.57. The Morgan fingerprint density at radius 1 is 1.11 bits per heavy atom. The second-order valence-corrected chi connectivity index (χ2v) is 9.93. The molecule has 2 fully saturated rings. The number of halogens is 1. The van der Waals surface area contributed by atoms with E-state index < -0.39 is 5.54 Å². The number of carbonyl (C=O) groups excluding carboxylic acids is 1. The smallest absolute Gasteiger partial charge is 0.254 e. The van der Waals surface area contributed by atoms with E-state index in [2.05, 4.69) is 25.8 Å². The summed E-state index contributed by atoms with van der Waals surface area (Å²) in [4.78, 5) is 35.5. The van der Waals surface area contributed by atoms with Crippen LogP contribution in [0.2, 0.25) is 0 Å². The van der Waals surface area contributed by atoms with Crippen molar-refractivity contribution in [1.82, 2.24) is 14.9 Å². The van der Waals surface area contributed by atoms with Gasteiger partial charge in [0.2, 0.25) is 5.91 Å². The predicted molar refractivity (Wildman–Crippen MR) is 112 cm³/mol. The number of H-pyrrole nitrogens is 1. The molecule has 1 amide bonds. The van der Waals surface area contributed by atoms with Gasteiger partial charge in [0.15, 0.2) is 0 Å². The average molecular weight is 409 g/mol. The number of carbonyl (C=O) groups is 1. The fraction of sp³-hybridized carbons (Fsp3) is 0.762. The lowest BCUT2D eigenvalue weighted by Crippen LogP contribution is -2.56. The number of fused-ring (bicyclic) bond motifs is 2. The maximum absolute atomic E-state index is 12.9. The molecule has 7 heteroatoms. The molecule has 0 bridgehead atoms. The molecule has 0 aromatic carbocycles. The molecule has 6 nitrogen and oxygen atoms in total. The molecule has 2 aliphatic carbocycles. The van der Waals surface area contributed by atoms with E-state index in [0.717, 1.165) is 81.5 Å². The van der Waals surface area contributed by atoms with E-state index in [4.69, 9.17) is 10.7 Å². The van der Waals surface area contributed by atoms with E-state index in [0.29, 0.717) is 0 Å². The van der Waals surface area contributed by atoms with E-state index in [1.807, 2.05) is 4.90 Å². The molecular weight excluding hydrogens is 376 g/mol. The molecule has 156 valence electrons. The van der Waals surface area contributed by atoms with Crippen LogP contribution >= 0.6 is 12.4 Å². The molecule has 1 saturated heterocycles. The zero-order valence-electron chi connectivity index (χ0n) is 17.3. The van der Waals surface area contributed by atoms with Crippen molar-refractivity contribution < 1.29 is 4.79 Å². The van der Waals surface area contributed by atoms with Crippen LogP contribution in [0.4, 0.5) is 0 Å². The van der Waals surface area contributed by atoms with Crippen LogP contribution in [-0.2, 0) is 22.0 Å². The highest BCUT2D eigenvalue weighted by Gasteiger charge is 2.47. The van der Waals surface area contributed by atoms with E-state index >= 15 is 0 Å². The van der Waals surface area contributed by atoms with E-state index in [1.165, 1.54) is 0 Å². The highest BCUT2D eigenvalue weighted by molar-refractivity contribution is 5.86. The maximum atomic E-state index is 12.9. The van der Waals surface area contributed by atoms with Crippen molar-refractivity contribution in [2.75, 3.05) is 13.1 Å². The second kappa shape index (κ2) is 7.13. The van der Waals surface area contributed by atoms with Gasteiger partial charge < -0.3 is 15.6 Å². The number of likely N-dealkylation sites (tertiary alicyclic amines) is 1. The first-order chi connectivity index (χ1) is 12.6. The SMILES string of the molecule is CC(C)(C)c1nc2c(c(=O)[nH]1)CCC21CCN(C(=O)C2(N)CCCC2)CC1.Cl. The molecule has 0 radical (unpaired) electrons. The number of nitrogens with zero attached hydrogens (tertiary/aromatic N) is 2. The van der Waals surface area contributed by atoms with Crippen LogP contribution in [0.3, 0.4) is 0 Å². The molecule has 0 atom stereocenters. The largest absolute Gasteiger partial charge is 0.341 e. The summed E-state index contributed by atoms with van der Waals surface area (Å²) in [5, 5.41) is 0. The summed E-state index contributed by atoms with van der Waals surface area (Å²) < 4.78 is 0. The van der Waals surface area contributed by atoms with Crippen molar-refractivity contribution in [2.45, 2.75) is 88.5 Å². The van der Waals surface area contributed by atoms with Crippen LogP contribution in [0.5, 0.6) is 0 Å². The van der Waals surface area contributed by atoms with E-state index in [-0.39, 0.29) is 34.7 Å². The fourth-order valence-electron chi connectivity index (χ4n) is 5.17. The summed E-state index contributed by atoms with van der Waals surface area (Å²) in [5.74, 6) is 0.889. The molecule has 1 spiro atoms. The zero-order chi connectivity index (χ0) is 19.4. The Morgan fingerprint density at radius 2 is 1.71 bits per heavy atom. The van der Waals surface area contributed by atoms with Crippen molar-refractivity contribution in [3.05, 3.63) is 27.4 Å². The third-order valence-electron chi connectivity index (χ3n) is 7.01. The Balaban J connectivity index is 0.00000225. The van der Waals surface area contributed by atoms with Crippen LogP contribution in [0.25, 0.3) is 0 Å². The molecule has 1 aliphatic heterocycles. The molecule has 1 aromatic rings. The normalized spacial score (nSPS) is 22.8. The van der Waals surface area contributed by atoms with Crippen LogP contribution < -0.4 is 11.3 Å². The minimum Gasteiger partial charge on any atom is -0.341 e. The third-order valence-corrected chi connectivity index (χ3v) is 7.01. The first-order valence-corrected chi connectivity index (χ1v) is 10.4. The topological polar surface area (TPSA) is 92.1 Å². The first kappa shape index (κ1) is 21.3. The van der Waals surface area contributed by atoms with Gasteiger partial charge in [0.1, 0.15) is 5.82 Å². The second-order valence-electron chi connectivity index (χ2n) is 9.93. The number of nitrogens with two attached hydrogens (primary N) is 1. The van der Waals surface area contributed by atoms with Crippen molar-refractivity contribution in [3.8, 4) is 0 Å². The Kier molecular flexibility index (Phi) is 5.43. The number of hydrogen-bond acceptors (Lipinski definition) is 4. The molecule has 4 rings (SSSR count). The Morgan fingerprint density at radius 3 is 2.29 bits per heavy atom. The van der Waals surface area contributed by atoms with Crippen molar-refractivity contribution in [3.63, 3.8) is 0 Å². The summed E-state index contributed by atoms with van der Waals surface area (Å²) in [7, 11) is 0. The molecule has 3 aliphatic rings. The van der Waals surface area contributed by atoms with Gasteiger partial charge in [-0.25, -0.2) is 4.98 Å². The summed E-state index contributed by atoms with van der Waals surface area (Å²) in [6, 6.07) is 0. The number of rotatable bonds is 1. The number of nitrogens with one attached hydrogen (secondary N) is 1.